The highest BCUT2D eigenvalue weighted by atomic mass is 79.9. The number of anilines is 1. The first kappa shape index (κ1) is 18.8. The van der Waals surface area contributed by atoms with E-state index in [1.54, 1.807) is 19.1 Å². The van der Waals surface area contributed by atoms with Gasteiger partial charge in [-0.05, 0) is 60.1 Å². The fourth-order valence-corrected chi connectivity index (χ4v) is 4.38. The highest BCUT2D eigenvalue weighted by Crippen LogP contribution is 2.29. The molecular weight excluding hydrogens is 438 g/mol. The lowest BCUT2D eigenvalue weighted by atomic mass is 10.3. The van der Waals surface area contributed by atoms with Gasteiger partial charge in [0.25, 0.3) is 5.91 Å². The van der Waals surface area contributed by atoms with Gasteiger partial charge in [0.05, 0.1) is 25.5 Å². The number of ether oxygens (including phenoxy) is 1. The third kappa shape index (κ3) is 4.40. The van der Waals surface area contributed by atoms with Crippen LogP contribution in [-0.2, 0) is 4.79 Å². The van der Waals surface area contributed by atoms with E-state index in [1.165, 1.54) is 22.7 Å². The first-order valence-corrected chi connectivity index (χ1v) is 10.3. The number of benzene rings is 1. The molecule has 1 aromatic carbocycles. The molecule has 0 saturated carbocycles. The number of halogens is 1. The van der Waals surface area contributed by atoms with Crippen LogP contribution in [0.25, 0.3) is 10.2 Å². The van der Waals surface area contributed by atoms with E-state index in [0.29, 0.717) is 16.6 Å². The number of nitrogens with one attached hydrogen (secondary N) is 2. The first-order valence-electron chi connectivity index (χ1n) is 7.86. The lowest BCUT2D eigenvalue weighted by Gasteiger charge is -2.12. The van der Waals surface area contributed by atoms with E-state index in [9.17, 15) is 9.59 Å². The van der Waals surface area contributed by atoms with E-state index in [1.807, 2.05) is 25.1 Å². The predicted molar refractivity (Wildman–Crippen MR) is 108 cm³/mol. The number of carbonyl (C=O) groups is 2. The fourth-order valence-electron chi connectivity index (χ4n) is 2.20. The standard InChI is InChI=1S/C17H16BrN3O3S2/c1-3-24-10-4-5-11-13(8-10)26-17(20-11)21-15(22)9(2)19-16(23)12-6-7-14(18)25-12/h4-9H,3H2,1-2H3,(H,19,23)(H,20,21,22). The monoisotopic (exact) mass is 453 g/mol. The van der Waals surface area contributed by atoms with Crippen LogP contribution in [0.15, 0.2) is 34.1 Å². The summed E-state index contributed by atoms with van der Waals surface area (Å²) in [6.07, 6.45) is 0. The number of thiophene rings is 1. The summed E-state index contributed by atoms with van der Waals surface area (Å²) in [6.45, 7) is 4.15. The topological polar surface area (TPSA) is 80.3 Å². The van der Waals surface area contributed by atoms with Crippen molar-refractivity contribution < 1.29 is 14.3 Å². The van der Waals surface area contributed by atoms with Gasteiger partial charge in [-0.15, -0.1) is 11.3 Å². The van der Waals surface area contributed by atoms with Crippen LogP contribution in [0.1, 0.15) is 23.5 Å². The second kappa shape index (κ2) is 8.15. The Bertz CT molecular complexity index is 954. The molecule has 2 N–H and O–H groups in total. The minimum atomic E-state index is -0.686. The third-order valence-corrected chi connectivity index (χ3v) is 5.99. The van der Waals surface area contributed by atoms with E-state index in [2.05, 4.69) is 31.5 Å². The largest absolute Gasteiger partial charge is 0.494 e. The molecule has 3 rings (SSSR count). The number of amides is 2. The molecule has 2 heterocycles. The molecular formula is C17H16BrN3O3S2. The maximum absolute atomic E-state index is 12.3. The zero-order chi connectivity index (χ0) is 18.7. The van der Waals surface area contributed by atoms with Gasteiger partial charge >= 0.3 is 0 Å². The second-order valence-corrected chi connectivity index (χ2v) is 8.86. The van der Waals surface area contributed by atoms with Crippen molar-refractivity contribution in [3.8, 4) is 5.75 Å². The van der Waals surface area contributed by atoms with Gasteiger partial charge in [-0.1, -0.05) is 11.3 Å². The van der Waals surface area contributed by atoms with Gasteiger partial charge in [-0.2, -0.15) is 0 Å². The van der Waals surface area contributed by atoms with E-state index in [0.717, 1.165) is 19.8 Å². The minimum Gasteiger partial charge on any atom is -0.494 e. The van der Waals surface area contributed by atoms with Crippen LogP contribution < -0.4 is 15.4 Å². The van der Waals surface area contributed by atoms with Crippen molar-refractivity contribution >= 4 is 65.8 Å². The van der Waals surface area contributed by atoms with Gasteiger partial charge in [0.15, 0.2) is 5.13 Å². The van der Waals surface area contributed by atoms with Crippen LogP contribution in [0.4, 0.5) is 5.13 Å². The van der Waals surface area contributed by atoms with Gasteiger partial charge < -0.3 is 15.4 Å². The number of thiazole rings is 1. The van der Waals surface area contributed by atoms with Crippen LogP contribution in [0.2, 0.25) is 0 Å². The average Bonchev–Trinajstić information content (AvgIpc) is 3.20. The number of hydrogen-bond donors (Lipinski definition) is 2. The summed E-state index contributed by atoms with van der Waals surface area (Å²) in [6, 6.07) is 8.41. The number of fused-ring (bicyclic) bond motifs is 1. The number of aromatic nitrogens is 1. The predicted octanol–water partition coefficient (Wildman–Crippen LogP) is 4.28. The molecule has 1 unspecified atom stereocenters. The van der Waals surface area contributed by atoms with Crippen molar-refractivity contribution in [1.82, 2.24) is 10.3 Å². The Morgan fingerprint density at radius 2 is 2.08 bits per heavy atom. The smallest absolute Gasteiger partial charge is 0.262 e. The molecule has 0 saturated heterocycles. The summed E-state index contributed by atoms with van der Waals surface area (Å²) in [5.74, 6) is 0.163. The lowest BCUT2D eigenvalue weighted by Crippen LogP contribution is -2.41. The molecule has 3 aromatic rings. The zero-order valence-electron chi connectivity index (χ0n) is 14.0. The lowest BCUT2D eigenvalue weighted by molar-refractivity contribution is -0.117. The summed E-state index contributed by atoms with van der Waals surface area (Å²) in [7, 11) is 0. The molecule has 136 valence electrons. The molecule has 0 aliphatic carbocycles. The number of hydrogen-bond acceptors (Lipinski definition) is 6. The maximum Gasteiger partial charge on any atom is 0.262 e. The molecule has 9 heteroatoms. The molecule has 0 spiro atoms. The summed E-state index contributed by atoms with van der Waals surface area (Å²) in [5, 5.41) is 5.92. The molecule has 1 atom stereocenters. The molecule has 2 aromatic heterocycles. The van der Waals surface area contributed by atoms with E-state index >= 15 is 0 Å². The Labute approximate surface area is 166 Å². The van der Waals surface area contributed by atoms with Crippen molar-refractivity contribution in [3.63, 3.8) is 0 Å². The number of rotatable bonds is 6. The molecule has 2 amide bonds. The van der Waals surface area contributed by atoms with Gasteiger partial charge in [-0.3, -0.25) is 9.59 Å². The van der Waals surface area contributed by atoms with E-state index in [-0.39, 0.29) is 11.8 Å². The van der Waals surface area contributed by atoms with Crippen LogP contribution in [0.3, 0.4) is 0 Å². The number of carbonyl (C=O) groups excluding carboxylic acids is 2. The summed E-state index contributed by atoms with van der Waals surface area (Å²) in [5.41, 5.74) is 0.786. The third-order valence-electron chi connectivity index (χ3n) is 3.44. The Kier molecular flexibility index (Phi) is 5.90. The molecule has 0 fully saturated rings. The van der Waals surface area contributed by atoms with Crippen LogP contribution >= 0.6 is 38.6 Å². The highest BCUT2D eigenvalue weighted by molar-refractivity contribution is 9.11. The van der Waals surface area contributed by atoms with Gasteiger partial charge in [0, 0.05) is 0 Å². The quantitative estimate of drug-likeness (QED) is 0.583. The first-order chi connectivity index (χ1) is 12.5. The average molecular weight is 454 g/mol. The van der Waals surface area contributed by atoms with Crippen LogP contribution in [0.5, 0.6) is 5.75 Å². The van der Waals surface area contributed by atoms with Crippen molar-refractivity contribution in [2.75, 3.05) is 11.9 Å². The Balaban J connectivity index is 1.65. The normalized spacial score (nSPS) is 12.0. The molecule has 0 aliphatic heterocycles. The van der Waals surface area contributed by atoms with Gasteiger partial charge in [0.1, 0.15) is 11.8 Å². The van der Waals surface area contributed by atoms with Crippen LogP contribution in [-0.4, -0.2) is 29.4 Å². The van der Waals surface area contributed by atoms with Crippen molar-refractivity contribution in [2.24, 2.45) is 0 Å². The fraction of sp³-hybridized carbons (Fsp3) is 0.235. The molecule has 0 bridgehead atoms. The van der Waals surface area contributed by atoms with E-state index < -0.39 is 6.04 Å². The molecule has 0 radical (unpaired) electrons. The SMILES string of the molecule is CCOc1ccc2nc(NC(=O)C(C)NC(=O)c3ccc(Br)s3)sc2c1. The molecule has 0 aliphatic rings. The van der Waals surface area contributed by atoms with Crippen LogP contribution in [0, 0.1) is 0 Å². The zero-order valence-corrected chi connectivity index (χ0v) is 17.3. The molecule has 26 heavy (non-hydrogen) atoms. The highest BCUT2D eigenvalue weighted by Gasteiger charge is 2.19. The number of nitrogens with zero attached hydrogens (tertiary/aromatic N) is 1. The Morgan fingerprint density at radius 3 is 2.77 bits per heavy atom. The van der Waals surface area contributed by atoms with E-state index in [4.69, 9.17) is 4.74 Å². The Hall–Kier alpha value is -1.97. The second-order valence-electron chi connectivity index (χ2n) is 5.37. The van der Waals surface area contributed by atoms with Crippen molar-refractivity contribution in [1.29, 1.82) is 0 Å². The summed E-state index contributed by atoms with van der Waals surface area (Å²) >= 11 is 5.99. The Morgan fingerprint density at radius 1 is 1.27 bits per heavy atom. The minimum absolute atomic E-state index is 0.283. The van der Waals surface area contributed by atoms with Gasteiger partial charge in [-0.25, -0.2) is 4.98 Å². The van der Waals surface area contributed by atoms with Crippen molar-refractivity contribution in [2.45, 2.75) is 19.9 Å². The van der Waals surface area contributed by atoms with Crippen molar-refractivity contribution in [3.05, 3.63) is 39.0 Å². The summed E-state index contributed by atoms with van der Waals surface area (Å²) in [4.78, 5) is 29.4. The summed E-state index contributed by atoms with van der Waals surface area (Å²) < 4.78 is 7.26. The molecule has 6 nitrogen and oxygen atoms in total. The maximum atomic E-state index is 12.3. The van der Waals surface area contributed by atoms with Gasteiger partial charge in [0.2, 0.25) is 5.91 Å².